The van der Waals surface area contributed by atoms with Crippen LogP contribution >= 0.6 is 0 Å². The van der Waals surface area contributed by atoms with Crippen LogP contribution in [0.1, 0.15) is 74.3 Å². The number of benzene rings is 5. The van der Waals surface area contributed by atoms with E-state index in [1.54, 1.807) is 16.7 Å². The van der Waals surface area contributed by atoms with Crippen molar-refractivity contribution in [1.29, 1.82) is 0 Å². The van der Waals surface area contributed by atoms with Gasteiger partial charge in [-0.25, -0.2) is 0 Å². The van der Waals surface area contributed by atoms with Gasteiger partial charge in [0.1, 0.15) is 0 Å². The second kappa shape index (κ2) is 12.1. The van der Waals surface area contributed by atoms with Gasteiger partial charge < -0.3 is 9.80 Å². The van der Waals surface area contributed by atoms with Crippen molar-refractivity contribution in [3.8, 4) is 0 Å². The summed E-state index contributed by atoms with van der Waals surface area (Å²) in [4.78, 5) is 4.86. The van der Waals surface area contributed by atoms with Crippen molar-refractivity contribution in [3.05, 3.63) is 203 Å². The molecule has 9 rings (SSSR count). The molecule has 0 saturated heterocycles. The third kappa shape index (κ3) is 4.91. The van der Waals surface area contributed by atoms with Crippen LogP contribution in [-0.4, -0.2) is 0 Å². The minimum Gasteiger partial charge on any atom is -0.311 e. The molecule has 0 aromatic heterocycles. The van der Waals surface area contributed by atoms with Gasteiger partial charge in [-0.05, 0) is 125 Å². The van der Waals surface area contributed by atoms with Crippen molar-refractivity contribution in [1.82, 2.24) is 0 Å². The minimum absolute atomic E-state index is 0.0537. The van der Waals surface area contributed by atoms with Crippen molar-refractivity contribution in [2.24, 2.45) is 11.8 Å². The maximum atomic E-state index is 2.61. The van der Waals surface area contributed by atoms with Crippen molar-refractivity contribution in [2.75, 3.05) is 9.80 Å². The Morgan fingerprint density at radius 1 is 0.519 bits per heavy atom. The molecule has 0 bridgehead atoms. The van der Waals surface area contributed by atoms with E-state index in [2.05, 4.69) is 209 Å². The topological polar surface area (TPSA) is 6.48 Å². The summed E-state index contributed by atoms with van der Waals surface area (Å²) in [5, 5.41) is 0. The molecular formula is C50H48N2. The fourth-order valence-electron chi connectivity index (χ4n) is 10.3. The summed E-state index contributed by atoms with van der Waals surface area (Å²) < 4.78 is 0. The Morgan fingerprint density at radius 3 is 1.46 bits per heavy atom. The molecule has 4 unspecified atom stereocenters. The number of hydrogen-bond donors (Lipinski definition) is 0. The van der Waals surface area contributed by atoms with Crippen molar-refractivity contribution in [3.63, 3.8) is 0 Å². The fourth-order valence-corrected chi connectivity index (χ4v) is 10.3. The summed E-state index contributed by atoms with van der Waals surface area (Å²) in [7, 11) is 0. The van der Waals surface area contributed by atoms with Crippen molar-refractivity contribution < 1.29 is 0 Å². The molecule has 0 spiro atoms. The molecular weight excluding hydrogens is 629 g/mol. The van der Waals surface area contributed by atoms with Crippen LogP contribution in [0.4, 0.5) is 22.7 Å². The Kier molecular flexibility index (Phi) is 7.59. The van der Waals surface area contributed by atoms with Crippen LogP contribution < -0.4 is 9.80 Å². The van der Waals surface area contributed by atoms with E-state index in [9.17, 15) is 0 Å². The van der Waals surface area contributed by atoms with Crippen LogP contribution in [0.5, 0.6) is 0 Å². The summed E-state index contributed by atoms with van der Waals surface area (Å²) >= 11 is 0. The van der Waals surface area contributed by atoms with Gasteiger partial charge in [-0.15, -0.1) is 0 Å². The van der Waals surface area contributed by atoms with Crippen LogP contribution in [0.3, 0.4) is 0 Å². The van der Waals surface area contributed by atoms with Crippen LogP contribution in [0.25, 0.3) is 0 Å². The van der Waals surface area contributed by atoms with E-state index in [1.165, 1.54) is 50.8 Å². The molecule has 0 radical (unpaired) electrons. The minimum atomic E-state index is -0.0585. The molecule has 2 heteroatoms. The largest absolute Gasteiger partial charge is 0.311 e. The van der Waals surface area contributed by atoms with Crippen molar-refractivity contribution >= 4 is 22.7 Å². The highest BCUT2D eigenvalue weighted by molar-refractivity contribution is 5.74. The quantitative estimate of drug-likeness (QED) is 0.177. The first-order chi connectivity index (χ1) is 25.2. The Labute approximate surface area is 310 Å². The molecule has 0 aliphatic heterocycles. The predicted molar refractivity (Wildman–Crippen MR) is 219 cm³/mol. The number of anilines is 4. The average Bonchev–Trinajstić information content (AvgIpc) is 3.53. The molecule has 4 aliphatic rings. The SMILES string of the molecule is CC1=CC(N(c2ccccc2)c2ccccc2)=CC2C1c1c(C)cc3c(c1C2(C)C)C(C)(C)C1C=C(N(c2ccccc2)c2ccccc2)C=CC31. The first kappa shape index (κ1) is 32.6. The van der Waals surface area contributed by atoms with E-state index in [-0.39, 0.29) is 10.8 Å². The Balaban J connectivity index is 1.16. The third-order valence-corrected chi connectivity index (χ3v) is 12.6. The van der Waals surface area contributed by atoms with Crippen LogP contribution in [0.15, 0.2) is 175 Å². The lowest BCUT2D eigenvalue weighted by Crippen LogP contribution is -2.32. The molecule has 5 aromatic rings. The number of rotatable bonds is 6. The number of allylic oxidation sites excluding steroid dienone is 6. The maximum absolute atomic E-state index is 2.61. The Morgan fingerprint density at radius 2 is 0.962 bits per heavy atom. The molecule has 0 N–H and O–H groups in total. The van der Waals surface area contributed by atoms with Gasteiger partial charge in [0.05, 0.1) is 0 Å². The molecule has 0 saturated carbocycles. The lowest BCUT2D eigenvalue weighted by molar-refractivity contribution is 0.362. The molecule has 52 heavy (non-hydrogen) atoms. The fraction of sp³-hybridized carbons (Fsp3) is 0.240. The first-order valence-corrected chi connectivity index (χ1v) is 18.9. The van der Waals surface area contributed by atoms with E-state index in [0.29, 0.717) is 23.7 Å². The lowest BCUT2D eigenvalue weighted by atomic mass is 9.68. The van der Waals surface area contributed by atoms with Crippen LogP contribution in [0.2, 0.25) is 0 Å². The monoisotopic (exact) mass is 676 g/mol. The summed E-state index contributed by atoms with van der Waals surface area (Å²) in [6.45, 7) is 14.8. The summed E-state index contributed by atoms with van der Waals surface area (Å²) in [6, 6.07) is 45.9. The summed E-state index contributed by atoms with van der Waals surface area (Å²) in [5.41, 5.74) is 16.3. The second-order valence-electron chi connectivity index (χ2n) is 16.4. The Hall–Kier alpha value is -5.34. The van der Waals surface area contributed by atoms with E-state index >= 15 is 0 Å². The molecule has 0 heterocycles. The van der Waals surface area contributed by atoms with Gasteiger partial charge in [-0.2, -0.15) is 0 Å². The first-order valence-electron chi connectivity index (χ1n) is 18.9. The van der Waals surface area contributed by atoms with E-state index in [0.717, 1.165) is 0 Å². The zero-order chi connectivity index (χ0) is 35.8. The van der Waals surface area contributed by atoms with Crippen LogP contribution in [0, 0.1) is 18.8 Å². The predicted octanol–water partition coefficient (Wildman–Crippen LogP) is 13.0. The Bertz CT molecular complexity index is 2190. The van der Waals surface area contributed by atoms with Gasteiger partial charge in [0.25, 0.3) is 0 Å². The molecule has 258 valence electrons. The number of fused-ring (bicyclic) bond motifs is 7. The summed E-state index contributed by atoms with van der Waals surface area (Å²) in [6.07, 6.45) is 12.5. The molecule has 0 fully saturated rings. The van der Waals surface area contributed by atoms with E-state index in [1.807, 2.05) is 0 Å². The normalized spacial score (nSPS) is 23.0. The average molecular weight is 677 g/mol. The lowest BCUT2D eigenvalue weighted by Gasteiger charge is -2.38. The highest BCUT2D eigenvalue weighted by atomic mass is 15.2. The molecule has 2 nitrogen and oxygen atoms in total. The van der Waals surface area contributed by atoms with Gasteiger partial charge in [0, 0.05) is 46.0 Å². The van der Waals surface area contributed by atoms with E-state index < -0.39 is 0 Å². The van der Waals surface area contributed by atoms with Gasteiger partial charge >= 0.3 is 0 Å². The molecule has 4 aliphatic carbocycles. The summed E-state index contributed by atoms with van der Waals surface area (Å²) in [5.74, 6) is 1.39. The van der Waals surface area contributed by atoms with Crippen molar-refractivity contribution in [2.45, 2.75) is 64.2 Å². The van der Waals surface area contributed by atoms with Gasteiger partial charge in [-0.3, -0.25) is 0 Å². The molecule has 4 atom stereocenters. The van der Waals surface area contributed by atoms with E-state index in [4.69, 9.17) is 0 Å². The molecule has 0 amide bonds. The highest BCUT2D eigenvalue weighted by Crippen LogP contribution is 2.64. The smallest absolute Gasteiger partial charge is 0.0461 e. The maximum Gasteiger partial charge on any atom is 0.0461 e. The number of hydrogen-bond acceptors (Lipinski definition) is 2. The van der Waals surface area contributed by atoms with Gasteiger partial charge in [0.15, 0.2) is 0 Å². The highest BCUT2D eigenvalue weighted by Gasteiger charge is 2.55. The third-order valence-electron chi connectivity index (χ3n) is 12.6. The zero-order valence-electron chi connectivity index (χ0n) is 31.2. The van der Waals surface area contributed by atoms with Gasteiger partial charge in [-0.1, -0.05) is 130 Å². The zero-order valence-corrected chi connectivity index (χ0v) is 31.2. The number of para-hydroxylation sites is 4. The van der Waals surface area contributed by atoms with Crippen LogP contribution in [-0.2, 0) is 10.8 Å². The number of aryl methyl sites for hydroxylation is 1. The second-order valence-corrected chi connectivity index (χ2v) is 16.4. The number of nitrogens with zero attached hydrogens (tertiary/aromatic N) is 2. The molecule has 5 aromatic carbocycles. The standard InChI is InChI=1S/C50H48N2/c1-33-29-40(52(37-23-15-9-16-24-37)38-25-17-10-18-26-38)32-44-45(33)46-34(2)30-42-41-28-27-39(31-43(41)49(3,4)47(42)48(46)50(44,5)6)51(35-19-11-7-12-20-35)36-21-13-8-14-22-36/h7-32,41,43-45H,1-6H3. The van der Waals surface area contributed by atoms with Gasteiger partial charge in [0.2, 0.25) is 0 Å².